The number of hydrogen-bond donors (Lipinski definition) is 0. The molecule has 0 aromatic heterocycles. The monoisotopic (exact) mass is 352 g/mol. The number of para-hydroxylation sites is 1. The van der Waals surface area contributed by atoms with Gasteiger partial charge >= 0.3 is 0 Å². The first-order valence-corrected chi connectivity index (χ1v) is 8.92. The van der Waals surface area contributed by atoms with Gasteiger partial charge in [0, 0.05) is 26.1 Å². The van der Waals surface area contributed by atoms with Crippen molar-refractivity contribution in [2.24, 2.45) is 0 Å². The van der Waals surface area contributed by atoms with Crippen molar-refractivity contribution in [1.29, 1.82) is 0 Å². The Morgan fingerprint density at radius 2 is 1.73 bits per heavy atom. The molecule has 4 nitrogen and oxygen atoms in total. The lowest BCUT2D eigenvalue weighted by Gasteiger charge is -2.29. The van der Waals surface area contributed by atoms with Gasteiger partial charge in [0.1, 0.15) is 5.82 Å². The molecular formula is C21H21FN2O2. The molecule has 0 atom stereocenters. The molecule has 2 heterocycles. The summed E-state index contributed by atoms with van der Waals surface area (Å²) in [6, 6.07) is 12.3. The lowest BCUT2D eigenvalue weighted by atomic mass is 10.1. The van der Waals surface area contributed by atoms with Crippen LogP contribution in [0.4, 0.5) is 15.8 Å². The fourth-order valence-corrected chi connectivity index (χ4v) is 3.45. The van der Waals surface area contributed by atoms with Crippen LogP contribution in [-0.2, 0) is 9.53 Å². The van der Waals surface area contributed by atoms with E-state index < -0.39 is 0 Å². The Balaban J connectivity index is 1.66. The maximum Gasteiger partial charge on any atom is 0.232 e. The normalized spacial score (nSPS) is 16.7. The second kappa shape index (κ2) is 7.40. The average molecular weight is 352 g/mol. The molecule has 0 saturated carbocycles. The van der Waals surface area contributed by atoms with Gasteiger partial charge in [-0.2, -0.15) is 0 Å². The fraction of sp³-hybridized carbons (Fsp3) is 0.286. The van der Waals surface area contributed by atoms with Gasteiger partial charge in [-0.3, -0.25) is 14.6 Å². The summed E-state index contributed by atoms with van der Waals surface area (Å²) in [6.07, 6.45) is 4.29. The Labute approximate surface area is 152 Å². The molecule has 5 heteroatoms. The highest BCUT2D eigenvalue weighted by molar-refractivity contribution is 6.06. The highest BCUT2D eigenvalue weighted by Gasteiger charge is 2.25. The van der Waals surface area contributed by atoms with E-state index in [1.165, 1.54) is 12.1 Å². The largest absolute Gasteiger partial charge is 0.379 e. The first-order chi connectivity index (χ1) is 12.7. The molecule has 2 aliphatic heterocycles. The molecule has 0 N–H and O–H groups in total. The van der Waals surface area contributed by atoms with Crippen LogP contribution in [0.1, 0.15) is 17.5 Å². The number of ether oxygens (including phenoxy) is 1. The van der Waals surface area contributed by atoms with Crippen molar-refractivity contribution in [3.05, 3.63) is 59.4 Å². The van der Waals surface area contributed by atoms with Crippen LogP contribution >= 0.6 is 0 Å². The number of halogens is 1. The van der Waals surface area contributed by atoms with Crippen molar-refractivity contribution in [3.63, 3.8) is 0 Å². The number of nitrogens with zero attached hydrogens (tertiary/aromatic N) is 2. The molecule has 4 rings (SSSR count). The van der Waals surface area contributed by atoms with E-state index in [0.29, 0.717) is 31.9 Å². The van der Waals surface area contributed by atoms with Gasteiger partial charge in [-0.1, -0.05) is 30.4 Å². The molecular weight excluding hydrogens is 331 g/mol. The third-order valence-corrected chi connectivity index (χ3v) is 4.85. The standard InChI is InChI=1S/C21H21FN2O2/c22-18-8-7-17-6-5-16-3-1-2-4-19(16)24(20(17)15-18)21(25)9-10-23-11-13-26-14-12-23/h1-8,15H,9-14H2. The molecule has 26 heavy (non-hydrogen) atoms. The second-order valence-corrected chi connectivity index (χ2v) is 6.53. The molecule has 2 aliphatic rings. The van der Waals surface area contributed by atoms with E-state index >= 15 is 0 Å². The van der Waals surface area contributed by atoms with E-state index in [1.54, 1.807) is 11.0 Å². The maximum atomic E-state index is 13.9. The maximum absolute atomic E-state index is 13.9. The smallest absolute Gasteiger partial charge is 0.232 e. The quantitative estimate of drug-likeness (QED) is 0.844. The van der Waals surface area contributed by atoms with Crippen LogP contribution in [0.25, 0.3) is 12.2 Å². The summed E-state index contributed by atoms with van der Waals surface area (Å²) in [5.74, 6) is -0.373. The zero-order valence-corrected chi connectivity index (χ0v) is 14.5. The molecule has 1 saturated heterocycles. The SMILES string of the molecule is O=C(CCN1CCOCC1)N1c2ccccc2C=Cc2ccc(F)cc21. The molecule has 1 fully saturated rings. The summed E-state index contributed by atoms with van der Waals surface area (Å²) in [7, 11) is 0. The molecule has 134 valence electrons. The number of carbonyl (C=O) groups is 1. The predicted octanol–water partition coefficient (Wildman–Crippen LogP) is 3.70. The van der Waals surface area contributed by atoms with Crippen molar-refractivity contribution >= 4 is 29.4 Å². The van der Waals surface area contributed by atoms with Gasteiger partial charge < -0.3 is 4.74 Å². The van der Waals surface area contributed by atoms with Crippen molar-refractivity contribution in [1.82, 2.24) is 4.90 Å². The van der Waals surface area contributed by atoms with E-state index in [2.05, 4.69) is 4.90 Å². The summed E-state index contributed by atoms with van der Waals surface area (Å²) < 4.78 is 19.3. The van der Waals surface area contributed by atoms with Crippen molar-refractivity contribution in [2.45, 2.75) is 6.42 Å². The Morgan fingerprint density at radius 3 is 2.54 bits per heavy atom. The van der Waals surface area contributed by atoms with Gasteiger partial charge in [0.05, 0.1) is 24.6 Å². The van der Waals surface area contributed by atoms with Gasteiger partial charge in [0.25, 0.3) is 0 Å². The number of amides is 1. The zero-order chi connectivity index (χ0) is 17.9. The third-order valence-electron chi connectivity index (χ3n) is 4.85. The summed E-state index contributed by atoms with van der Waals surface area (Å²) in [5, 5.41) is 0. The number of hydrogen-bond acceptors (Lipinski definition) is 3. The fourth-order valence-electron chi connectivity index (χ4n) is 3.45. The van der Waals surface area contributed by atoms with Gasteiger partial charge in [-0.25, -0.2) is 4.39 Å². The van der Waals surface area contributed by atoms with Crippen molar-refractivity contribution in [3.8, 4) is 0 Å². The minimum atomic E-state index is -0.345. The minimum absolute atomic E-state index is 0.0282. The van der Waals surface area contributed by atoms with Gasteiger partial charge in [0.2, 0.25) is 5.91 Å². The van der Waals surface area contributed by atoms with Crippen LogP contribution in [0.15, 0.2) is 42.5 Å². The number of carbonyl (C=O) groups excluding carboxylic acids is 1. The van der Waals surface area contributed by atoms with Crippen LogP contribution < -0.4 is 4.90 Å². The summed E-state index contributed by atoms with van der Waals surface area (Å²) in [6.45, 7) is 3.78. The van der Waals surface area contributed by atoms with Gasteiger partial charge in [-0.05, 0) is 35.4 Å². The highest BCUT2D eigenvalue weighted by atomic mass is 19.1. The summed E-state index contributed by atoms with van der Waals surface area (Å²) in [4.78, 5) is 17.0. The van der Waals surface area contributed by atoms with Crippen LogP contribution in [0.2, 0.25) is 0 Å². The molecule has 2 aromatic rings. The molecule has 0 unspecified atom stereocenters. The van der Waals surface area contributed by atoms with Crippen LogP contribution in [0, 0.1) is 5.82 Å². The van der Waals surface area contributed by atoms with Gasteiger partial charge in [0.15, 0.2) is 0 Å². The first-order valence-electron chi connectivity index (χ1n) is 8.92. The van der Waals surface area contributed by atoms with E-state index in [1.807, 2.05) is 36.4 Å². The van der Waals surface area contributed by atoms with E-state index in [-0.39, 0.29) is 11.7 Å². The molecule has 0 spiro atoms. The Hall–Kier alpha value is -2.50. The minimum Gasteiger partial charge on any atom is -0.379 e. The Morgan fingerprint density at radius 1 is 1.00 bits per heavy atom. The molecule has 0 bridgehead atoms. The topological polar surface area (TPSA) is 32.8 Å². The van der Waals surface area contributed by atoms with Crippen LogP contribution in [0.5, 0.6) is 0 Å². The Bertz CT molecular complexity index is 844. The molecule has 0 aliphatic carbocycles. The van der Waals surface area contributed by atoms with Gasteiger partial charge in [-0.15, -0.1) is 0 Å². The van der Waals surface area contributed by atoms with Crippen LogP contribution in [0.3, 0.4) is 0 Å². The predicted molar refractivity (Wildman–Crippen MR) is 101 cm³/mol. The molecule has 0 radical (unpaired) electrons. The number of benzene rings is 2. The van der Waals surface area contributed by atoms with Crippen molar-refractivity contribution < 1.29 is 13.9 Å². The number of morpholine rings is 1. The lowest BCUT2D eigenvalue weighted by molar-refractivity contribution is -0.118. The highest BCUT2D eigenvalue weighted by Crippen LogP contribution is 2.37. The van der Waals surface area contributed by atoms with Crippen molar-refractivity contribution in [2.75, 3.05) is 37.7 Å². The second-order valence-electron chi connectivity index (χ2n) is 6.53. The van der Waals surface area contributed by atoms with E-state index in [9.17, 15) is 9.18 Å². The van der Waals surface area contributed by atoms with E-state index in [4.69, 9.17) is 4.74 Å². The van der Waals surface area contributed by atoms with Crippen LogP contribution in [-0.4, -0.2) is 43.7 Å². The Kier molecular flexibility index (Phi) is 4.82. The number of rotatable bonds is 3. The average Bonchev–Trinajstić information content (AvgIpc) is 2.83. The number of fused-ring (bicyclic) bond motifs is 2. The number of anilines is 2. The zero-order valence-electron chi connectivity index (χ0n) is 14.5. The van der Waals surface area contributed by atoms with E-state index in [0.717, 1.165) is 29.9 Å². The molecule has 1 amide bonds. The summed E-state index contributed by atoms with van der Waals surface area (Å²) >= 11 is 0. The third kappa shape index (κ3) is 3.41. The first kappa shape index (κ1) is 16.9. The lowest BCUT2D eigenvalue weighted by Crippen LogP contribution is -2.39. The molecule has 2 aromatic carbocycles. The summed E-state index contributed by atoms with van der Waals surface area (Å²) in [5.41, 5.74) is 3.17.